The zero-order chi connectivity index (χ0) is 12.3. The van der Waals surface area contributed by atoms with Crippen molar-refractivity contribution in [3.63, 3.8) is 0 Å². The summed E-state index contributed by atoms with van der Waals surface area (Å²) in [5.74, 6) is -1.05. The highest BCUT2D eigenvalue weighted by molar-refractivity contribution is 9.10. The van der Waals surface area contributed by atoms with Gasteiger partial charge in [0.15, 0.2) is 0 Å². The molecule has 0 amide bonds. The fraction of sp³-hybridized carbons (Fsp3) is 0.333. The molecule has 88 valence electrons. The normalized spacial score (nSPS) is 10.8. The van der Waals surface area contributed by atoms with Crippen LogP contribution in [-0.4, -0.2) is 16.1 Å². The van der Waals surface area contributed by atoms with E-state index in [4.69, 9.17) is 5.11 Å². The maximum Gasteiger partial charge on any atom is 0.309 e. The summed E-state index contributed by atoms with van der Waals surface area (Å²) >= 11 is 6.01. The maximum absolute atomic E-state index is 12.5. The number of carboxylic acid groups (broad SMARTS) is 1. The largest absolute Gasteiger partial charge is 0.481 e. The van der Waals surface area contributed by atoms with E-state index in [1.807, 2.05) is 0 Å². The van der Waals surface area contributed by atoms with E-state index in [1.54, 1.807) is 0 Å². The quantitative estimate of drug-likeness (QED) is 0.663. The first-order valence-corrected chi connectivity index (χ1v) is 6.11. The van der Waals surface area contributed by atoms with Crippen molar-refractivity contribution in [2.24, 2.45) is 0 Å². The van der Waals surface area contributed by atoms with Gasteiger partial charge in [0.25, 0.3) is 6.43 Å². The number of carbonyl (C=O) groups is 1. The molecule has 0 unspecified atom stereocenters. The Bertz CT molecular complexity index is 413. The molecule has 0 aliphatic heterocycles. The van der Waals surface area contributed by atoms with Crippen molar-refractivity contribution in [1.29, 1.82) is 0 Å². The van der Waals surface area contributed by atoms with Gasteiger partial charge in [0.2, 0.25) is 0 Å². The lowest BCUT2D eigenvalue weighted by Gasteiger charge is -2.09. The molecular weight excluding hydrogens is 352 g/mol. The highest BCUT2D eigenvalue weighted by atomic mass is 79.9. The monoisotopic (exact) mass is 357 g/mol. The van der Waals surface area contributed by atoms with Crippen LogP contribution in [0.2, 0.25) is 0 Å². The second-order valence-electron chi connectivity index (χ2n) is 2.98. The van der Waals surface area contributed by atoms with Crippen molar-refractivity contribution in [1.82, 2.24) is 4.98 Å². The Balaban J connectivity index is 3.20. The molecule has 0 radical (unpaired) electrons. The van der Waals surface area contributed by atoms with Gasteiger partial charge in [0.05, 0.1) is 17.7 Å². The van der Waals surface area contributed by atoms with Gasteiger partial charge in [-0.05, 0) is 27.6 Å². The Labute approximate surface area is 107 Å². The highest BCUT2D eigenvalue weighted by Gasteiger charge is 2.17. The van der Waals surface area contributed by atoms with Crippen LogP contribution in [0.3, 0.4) is 0 Å². The van der Waals surface area contributed by atoms with Crippen LogP contribution < -0.4 is 0 Å². The summed E-state index contributed by atoms with van der Waals surface area (Å²) in [7, 11) is 0. The standard InChI is InChI=1S/C9H7Br2F2NO2/c10-3-4-1-5(9(12)13)8(11)14-6(4)2-7(15)16/h1,9H,2-3H2,(H,15,16). The SMILES string of the molecule is O=C(O)Cc1nc(Br)c(C(F)F)cc1CBr. The molecule has 0 bridgehead atoms. The van der Waals surface area contributed by atoms with E-state index in [0.29, 0.717) is 5.56 Å². The number of halogens is 4. The number of alkyl halides is 3. The lowest BCUT2D eigenvalue weighted by atomic mass is 10.1. The molecule has 1 heterocycles. The molecule has 16 heavy (non-hydrogen) atoms. The van der Waals surface area contributed by atoms with Crippen molar-refractivity contribution in [2.75, 3.05) is 0 Å². The number of aliphatic carboxylic acids is 1. The predicted octanol–water partition coefficient (Wildman–Crippen LogP) is 3.30. The van der Waals surface area contributed by atoms with Crippen molar-refractivity contribution in [2.45, 2.75) is 18.2 Å². The summed E-state index contributed by atoms with van der Waals surface area (Å²) in [5.41, 5.74) is 0.505. The molecule has 0 spiro atoms. The zero-order valence-electron chi connectivity index (χ0n) is 7.88. The van der Waals surface area contributed by atoms with Crippen molar-refractivity contribution < 1.29 is 18.7 Å². The predicted molar refractivity (Wildman–Crippen MR) is 60.9 cm³/mol. The summed E-state index contributed by atoms with van der Waals surface area (Å²) in [4.78, 5) is 14.4. The number of nitrogens with zero attached hydrogens (tertiary/aromatic N) is 1. The van der Waals surface area contributed by atoms with Crippen LogP contribution in [0, 0.1) is 0 Å². The van der Waals surface area contributed by atoms with Crippen molar-refractivity contribution in [3.8, 4) is 0 Å². The lowest BCUT2D eigenvalue weighted by molar-refractivity contribution is -0.136. The van der Waals surface area contributed by atoms with E-state index in [0.717, 1.165) is 0 Å². The first-order valence-electron chi connectivity index (χ1n) is 4.19. The first kappa shape index (κ1) is 13.5. The van der Waals surface area contributed by atoms with Gasteiger partial charge in [-0.15, -0.1) is 0 Å². The van der Waals surface area contributed by atoms with Gasteiger partial charge in [-0.3, -0.25) is 4.79 Å². The fourth-order valence-corrected chi connectivity index (χ4v) is 2.14. The molecule has 0 saturated carbocycles. The summed E-state index contributed by atoms with van der Waals surface area (Å²) in [6.07, 6.45) is -2.93. The molecule has 0 fully saturated rings. The fourth-order valence-electron chi connectivity index (χ4n) is 1.15. The lowest BCUT2D eigenvalue weighted by Crippen LogP contribution is -2.07. The van der Waals surface area contributed by atoms with Crippen LogP contribution in [-0.2, 0) is 16.5 Å². The van der Waals surface area contributed by atoms with Gasteiger partial charge in [0, 0.05) is 5.33 Å². The van der Waals surface area contributed by atoms with Gasteiger partial charge in [-0.2, -0.15) is 0 Å². The molecule has 0 atom stereocenters. The summed E-state index contributed by atoms with van der Waals surface area (Å²) < 4.78 is 25.1. The average Bonchev–Trinajstić information content (AvgIpc) is 2.16. The second kappa shape index (κ2) is 5.67. The Kier molecular flexibility index (Phi) is 4.79. The van der Waals surface area contributed by atoms with Crippen molar-refractivity contribution >= 4 is 37.8 Å². The average molecular weight is 359 g/mol. The topological polar surface area (TPSA) is 50.2 Å². The number of hydrogen-bond acceptors (Lipinski definition) is 2. The minimum atomic E-state index is -2.64. The molecule has 0 saturated heterocycles. The van der Waals surface area contributed by atoms with Crippen LogP contribution in [0.1, 0.15) is 23.2 Å². The maximum atomic E-state index is 12.5. The Morgan fingerprint density at radius 3 is 2.62 bits per heavy atom. The van der Waals surface area contributed by atoms with Crippen LogP contribution in [0.25, 0.3) is 0 Å². The number of pyridine rings is 1. The third kappa shape index (κ3) is 3.21. The van der Waals surface area contributed by atoms with E-state index in [9.17, 15) is 13.6 Å². The first-order chi connectivity index (χ1) is 7.45. The molecule has 1 aromatic heterocycles. The van der Waals surface area contributed by atoms with E-state index in [2.05, 4.69) is 36.8 Å². The third-order valence-corrected chi connectivity index (χ3v) is 3.11. The molecule has 1 N–H and O–H groups in total. The Morgan fingerprint density at radius 2 is 2.19 bits per heavy atom. The van der Waals surface area contributed by atoms with E-state index in [1.165, 1.54) is 6.07 Å². The summed E-state index contributed by atoms with van der Waals surface area (Å²) in [6.45, 7) is 0. The molecule has 0 aliphatic rings. The van der Waals surface area contributed by atoms with Gasteiger partial charge < -0.3 is 5.11 Å². The number of hydrogen-bond donors (Lipinski definition) is 1. The molecule has 0 aliphatic carbocycles. The minimum Gasteiger partial charge on any atom is -0.481 e. The van der Waals surface area contributed by atoms with E-state index >= 15 is 0 Å². The Hall–Kier alpha value is -0.560. The molecule has 3 nitrogen and oxygen atoms in total. The number of aromatic nitrogens is 1. The smallest absolute Gasteiger partial charge is 0.309 e. The number of carboxylic acids is 1. The van der Waals surface area contributed by atoms with E-state index < -0.39 is 12.4 Å². The zero-order valence-corrected chi connectivity index (χ0v) is 11.1. The second-order valence-corrected chi connectivity index (χ2v) is 4.29. The number of rotatable bonds is 4. The third-order valence-electron chi connectivity index (χ3n) is 1.87. The van der Waals surface area contributed by atoms with Gasteiger partial charge in [-0.25, -0.2) is 13.8 Å². The highest BCUT2D eigenvalue weighted by Crippen LogP contribution is 2.28. The minimum absolute atomic E-state index is 0.0107. The van der Waals surface area contributed by atoms with Gasteiger partial charge in [-0.1, -0.05) is 15.9 Å². The van der Waals surface area contributed by atoms with Gasteiger partial charge in [0.1, 0.15) is 4.60 Å². The molecule has 1 rings (SSSR count). The van der Waals surface area contributed by atoms with E-state index in [-0.39, 0.29) is 27.6 Å². The molecule has 0 aromatic carbocycles. The molecule has 1 aromatic rings. The molecule has 7 heteroatoms. The van der Waals surface area contributed by atoms with Crippen LogP contribution in [0.4, 0.5) is 8.78 Å². The van der Waals surface area contributed by atoms with Crippen molar-refractivity contribution in [3.05, 3.63) is 27.5 Å². The Morgan fingerprint density at radius 1 is 1.56 bits per heavy atom. The van der Waals surface area contributed by atoms with Crippen LogP contribution >= 0.6 is 31.9 Å². The van der Waals surface area contributed by atoms with Gasteiger partial charge >= 0.3 is 5.97 Å². The van der Waals surface area contributed by atoms with Crippen LogP contribution in [0.15, 0.2) is 10.7 Å². The molecular formula is C9H7Br2F2NO2. The summed E-state index contributed by atoms with van der Waals surface area (Å²) in [6, 6.07) is 1.26. The van der Waals surface area contributed by atoms with Crippen LogP contribution in [0.5, 0.6) is 0 Å². The summed E-state index contributed by atoms with van der Waals surface area (Å²) in [5, 5.41) is 8.92.